The maximum Gasteiger partial charge on any atom is 0.220 e. The number of nitrogens with one attached hydrogen (secondary N) is 2. The average molecular weight is 209 g/mol. The van der Waals surface area contributed by atoms with Gasteiger partial charge in [0.1, 0.15) is 0 Å². The van der Waals surface area contributed by atoms with Gasteiger partial charge in [-0.2, -0.15) is 5.26 Å². The van der Waals surface area contributed by atoms with Gasteiger partial charge in [0.2, 0.25) is 5.91 Å². The van der Waals surface area contributed by atoms with Crippen LogP contribution in [0.3, 0.4) is 0 Å². The lowest BCUT2D eigenvalue weighted by atomic mass is 9.94. The second kappa shape index (κ2) is 6.41. The van der Waals surface area contributed by atoms with Gasteiger partial charge in [-0.3, -0.25) is 4.79 Å². The van der Waals surface area contributed by atoms with Crippen molar-refractivity contribution in [1.29, 1.82) is 5.26 Å². The van der Waals surface area contributed by atoms with Crippen LogP contribution in [0, 0.1) is 23.2 Å². The third kappa shape index (κ3) is 4.80. The second-order valence-electron chi connectivity index (χ2n) is 4.23. The minimum absolute atomic E-state index is 0.0870. The standard InChI is InChI=1S/C11H19N3O/c1-9(7-12)8-14-11(15)6-10-2-4-13-5-3-10/h9-10,13H,2-6,8H2,1H3,(H,14,15). The first-order valence-electron chi connectivity index (χ1n) is 5.59. The van der Waals surface area contributed by atoms with Gasteiger partial charge in [0, 0.05) is 13.0 Å². The van der Waals surface area contributed by atoms with Crippen molar-refractivity contribution in [2.24, 2.45) is 11.8 Å². The molecule has 1 saturated heterocycles. The molecule has 4 heteroatoms. The molecule has 1 aliphatic rings. The van der Waals surface area contributed by atoms with Crippen molar-refractivity contribution in [2.75, 3.05) is 19.6 Å². The van der Waals surface area contributed by atoms with E-state index in [9.17, 15) is 4.79 Å². The lowest BCUT2D eigenvalue weighted by Gasteiger charge is -2.22. The maximum atomic E-state index is 11.5. The number of amides is 1. The summed E-state index contributed by atoms with van der Waals surface area (Å²) in [5.74, 6) is 0.509. The quantitative estimate of drug-likeness (QED) is 0.714. The molecule has 0 saturated carbocycles. The third-order valence-corrected chi connectivity index (χ3v) is 2.76. The molecule has 0 spiro atoms. The van der Waals surface area contributed by atoms with E-state index in [2.05, 4.69) is 16.7 Å². The van der Waals surface area contributed by atoms with Gasteiger partial charge in [-0.1, -0.05) is 0 Å². The van der Waals surface area contributed by atoms with Crippen LogP contribution in [0.4, 0.5) is 0 Å². The van der Waals surface area contributed by atoms with Gasteiger partial charge in [0.15, 0.2) is 0 Å². The Morgan fingerprint density at radius 3 is 2.87 bits per heavy atom. The first kappa shape index (κ1) is 12.0. The predicted octanol–water partition coefficient (Wildman–Crippen LogP) is 0.652. The Morgan fingerprint density at radius 1 is 1.60 bits per heavy atom. The lowest BCUT2D eigenvalue weighted by Crippen LogP contribution is -2.33. The fourth-order valence-corrected chi connectivity index (χ4v) is 1.73. The van der Waals surface area contributed by atoms with Crippen LogP contribution in [0.25, 0.3) is 0 Å². The van der Waals surface area contributed by atoms with E-state index in [4.69, 9.17) is 5.26 Å². The van der Waals surface area contributed by atoms with Crippen molar-refractivity contribution >= 4 is 5.91 Å². The summed E-state index contributed by atoms with van der Waals surface area (Å²) in [5, 5.41) is 14.6. The van der Waals surface area contributed by atoms with E-state index < -0.39 is 0 Å². The zero-order valence-electron chi connectivity index (χ0n) is 9.25. The van der Waals surface area contributed by atoms with Crippen LogP contribution in [0.1, 0.15) is 26.2 Å². The van der Waals surface area contributed by atoms with E-state index in [1.807, 2.05) is 6.92 Å². The molecule has 1 unspecified atom stereocenters. The Bertz CT molecular complexity index is 241. The van der Waals surface area contributed by atoms with Crippen molar-refractivity contribution in [3.8, 4) is 6.07 Å². The molecule has 1 rings (SSSR count). The summed E-state index contributed by atoms with van der Waals surface area (Å²) in [6, 6.07) is 2.10. The molecule has 0 bridgehead atoms. The molecule has 4 nitrogen and oxygen atoms in total. The summed E-state index contributed by atoms with van der Waals surface area (Å²) in [4.78, 5) is 11.5. The Hall–Kier alpha value is -1.08. The molecule has 1 fully saturated rings. The van der Waals surface area contributed by atoms with Crippen LogP contribution in [-0.4, -0.2) is 25.5 Å². The minimum atomic E-state index is -0.0954. The third-order valence-electron chi connectivity index (χ3n) is 2.76. The Kier molecular flexibility index (Phi) is 5.13. The molecule has 1 amide bonds. The van der Waals surface area contributed by atoms with Crippen molar-refractivity contribution in [3.05, 3.63) is 0 Å². The molecule has 2 N–H and O–H groups in total. The highest BCUT2D eigenvalue weighted by Crippen LogP contribution is 2.15. The molecule has 0 aromatic carbocycles. The fraction of sp³-hybridized carbons (Fsp3) is 0.818. The van der Waals surface area contributed by atoms with Gasteiger partial charge in [0.25, 0.3) is 0 Å². The number of hydrogen-bond donors (Lipinski definition) is 2. The van der Waals surface area contributed by atoms with Crippen LogP contribution < -0.4 is 10.6 Å². The average Bonchev–Trinajstić information content (AvgIpc) is 2.27. The fourth-order valence-electron chi connectivity index (χ4n) is 1.73. The van der Waals surface area contributed by atoms with Gasteiger partial charge < -0.3 is 10.6 Å². The number of piperidine rings is 1. The summed E-state index contributed by atoms with van der Waals surface area (Å²) in [6.07, 6.45) is 2.78. The molecule has 0 aliphatic carbocycles. The first-order chi connectivity index (χ1) is 7.22. The molecule has 0 aromatic heterocycles. The van der Waals surface area contributed by atoms with Crippen LogP contribution in [0.2, 0.25) is 0 Å². The Labute approximate surface area is 91.0 Å². The monoisotopic (exact) mass is 209 g/mol. The van der Waals surface area contributed by atoms with Crippen molar-refractivity contribution in [2.45, 2.75) is 26.2 Å². The first-order valence-corrected chi connectivity index (χ1v) is 5.59. The zero-order chi connectivity index (χ0) is 11.1. The highest BCUT2D eigenvalue weighted by Gasteiger charge is 2.16. The number of carbonyl (C=O) groups is 1. The van der Waals surface area contributed by atoms with E-state index in [1.165, 1.54) is 0 Å². The summed E-state index contributed by atoms with van der Waals surface area (Å²) in [6.45, 7) is 4.32. The minimum Gasteiger partial charge on any atom is -0.355 e. The normalized spacial score (nSPS) is 19.2. The molecule has 84 valence electrons. The largest absolute Gasteiger partial charge is 0.355 e. The molecule has 1 heterocycles. The van der Waals surface area contributed by atoms with Gasteiger partial charge in [-0.25, -0.2) is 0 Å². The second-order valence-corrected chi connectivity index (χ2v) is 4.23. The van der Waals surface area contributed by atoms with Gasteiger partial charge in [0.05, 0.1) is 12.0 Å². The smallest absolute Gasteiger partial charge is 0.220 e. The van der Waals surface area contributed by atoms with Crippen LogP contribution in [0.15, 0.2) is 0 Å². The molecule has 0 aromatic rings. The van der Waals surface area contributed by atoms with Crippen molar-refractivity contribution in [3.63, 3.8) is 0 Å². The Balaban J connectivity index is 2.15. The van der Waals surface area contributed by atoms with Gasteiger partial charge in [-0.15, -0.1) is 0 Å². The Morgan fingerprint density at radius 2 is 2.27 bits per heavy atom. The summed E-state index contributed by atoms with van der Waals surface area (Å²) in [5.41, 5.74) is 0. The summed E-state index contributed by atoms with van der Waals surface area (Å²) < 4.78 is 0. The molecule has 0 radical (unpaired) electrons. The topological polar surface area (TPSA) is 64.9 Å². The SMILES string of the molecule is CC(C#N)CNC(=O)CC1CCNCC1. The van der Waals surface area contributed by atoms with Crippen LogP contribution in [0.5, 0.6) is 0 Å². The van der Waals surface area contributed by atoms with E-state index >= 15 is 0 Å². The van der Waals surface area contributed by atoms with Crippen LogP contribution >= 0.6 is 0 Å². The maximum absolute atomic E-state index is 11.5. The molecule has 1 aliphatic heterocycles. The highest BCUT2D eigenvalue weighted by molar-refractivity contribution is 5.76. The van der Waals surface area contributed by atoms with Crippen molar-refractivity contribution < 1.29 is 4.79 Å². The van der Waals surface area contributed by atoms with Crippen molar-refractivity contribution in [1.82, 2.24) is 10.6 Å². The van der Waals surface area contributed by atoms with E-state index in [1.54, 1.807) is 0 Å². The van der Waals surface area contributed by atoms with Gasteiger partial charge in [-0.05, 0) is 38.8 Å². The zero-order valence-corrected chi connectivity index (χ0v) is 9.25. The number of rotatable bonds is 4. The van der Waals surface area contributed by atoms with E-state index in [0.717, 1.165) is 25.9 Å². The molecule has 1 atom stereocenters. The predicted molar refractivity (Wildman–Crippen MR) is 58.0 cm³/mol. The number of carbonyl (C=O) groups excluding carboxylic acids is 1. The lowest BCUT2D eigenvalue weighted by molar-refractivity contribution is -0.122. The number of hydrogen-bond acceptors (Lipinski definition) is 3. The number of nitriles is 1. The summed E-state index contributed by atoms with van der Waals surface area (Å²) >= 11 is 0. The molecule has 15 heavy (non-hydrogen) atoms. The van der Waals surface area contributed by atoms with Crippen LogP contribution in [-0.2, 0) is 4.79 Å². The highest BCUT2D eigenvalue weighted by atomic mass is 16.1. The van der Waals surface area contributed by atoms with E-state index in [0.29, 0.717) is 18.9 Å². The molecular formula is C11H19N3O. The molecular weight excluding hydrogens is 190 g/mol. The van der Waals surface area contributed by atoms with Gasteiger partial charge >= 0.3 is 0 Å². The number of nitrogens with zero attached hydrogens (tertiary/aromatic N) is 1. The summed E-state index contributed by atoms with van der Waals surface area (Å²) in [7, 11) is 0. The van der Waals surface area contributed by atoms with E-state index in [-0.39, 0.29) is 11.8 Å².